The monoisotopic (exact) mass is 422 g/mol. The molecule has 0 radical (unpaired) electrons. The summed E-state index contributed by atoms with van der Waals surface area (Å²) >= 11 is 0. The van der Waals surface area contributed by atoms with E-state index in [4.69, 9.17) is 9.16 Å². The van der Waals surface area contributed by atoms with Crippen molar-refractivity contribution in [1.29, 1.82) is 0 Å². The van der Waals surface area contributed by atoms with Gasteiger partial charge in [-0.3, -0.25) is 0 Å². The third-order valence-electron chi connectivity index (χ3n) is 5.66. The van der Waals surface area contributed by atoms with Gasteiger partial charge in [-0.15, -0.1) is 0 Å². The molecule has 29 heavy (non-hydrogen) atoms. The molecule has 2 N–H and O–H groups in total. The normalized spacial score (nSPS) is 17.3. The molecule has 0 amide bonds. The Balaban J connectivity index is 2.32. The zero-order valence-corrected chi connectivity index (χ0v) is 20.4. The van der Waals surface area contributed by atoms with Crippen LogP contribution in [0.5, 0.6) is 0 Å². The third-order valence-corrected chi connectivity index (χ3v) is 10.3. The van der Waals surface area contributed by atoms with Crippen LogP contribution in [0.3, 0.4) is 0 Å². The summed E-state index contributed by atoms with van der Waals surface area (Å²) in [5.41, 5.74) is 0.180. The van der Waals surface area contributed by atoms with E-state index in [1.54, 1.807) is 13.0 Å². The predicted molar refractivity (Wildman–Crippen MR) is 123 cm³/mol. The quantitative estimate of drug-likeness (QED) is 0.267. The molecule has 0 unspecified atom stereocenters. The van der Waals surface area contributed by atoms with Gasteiger partial charge in [0.25, 0.3) is 0 Å². The van der Waals surface area contributed by atoms with Crippen LogP contribution in [0.1, 0.15) is 59.4 Å². The van der Waals surface area contributed by atoms with Crippen LogP contribution in [0.2, 0.25) is 18.1 Å². The van der Waals surface area contributed by atoms with Crippen LogP contribution in [0, 0.1) is 0 Å². The van der Waals surface area contributed by atoms with E-state index in [0.29, 0.717) is 32.5 Å². The van der Waals surface area contributed by atoms with Gasteiger partial charge in [-0.2, -0.15) is 0 Å². The lowest BCUT2D eigenvalue weighted by Crippen LogP contribution is -2.43. The Labute approximate surface area is 179 Å². The maximum Gasteiger partial charge on any atom is 0.192 e. The van der Waals surface area contributed by atoms with Gasteiger partial charge in [0.1, 0.15) is 0 Å². The molecule has 0 aliphatic rings. The summed E-state index contributed by atoms with van der Waals surface area (Å²) < 4.78 is 12.0. The molecule has 0 saturated heterocycles. The van der Waals surface area contributed by atoms with E-state index in [-0.39, 0.29) is 11.1 Å². The molecule has 0 aromatic heterocycles. The van der Waals surface area contributed by atoms with Crippen LogP contribution in [0.25, 0.3) is 0 Å². The molecule has 0 heterocycles. The van der Waals surface area contributed by atoms with Gasteiger partial charge in [0.05, 0.1) is 24.9 Å². The number of hydrogen-bond acceptors (Lipinski definition) is 4. The zero-order chi connectivity index (χ0) is 22.1. The second kappa shape index (κ2) is 11.4. The summed E-state index contributed by atoms with van der Waals surface area (Å²) in [4.78, 5) is 0. The fraction of sp³-hybridized carbons (Fsp3) is 0.667. The Kier molecular flexibility index (Phi) is 10.3. The summed E-state index contributed by atoms with van der Waals surface area (Å²) in [6.07, 6.45) is 4.78. The topological polar surface area (TPSA) is 58.9 Å². The number of benzene rings is 1. The van der Waals surface area contributed by atoms with E-state index < -0.39 is 20.0 Å². The number of ether oxygens (including phenoxy) is 1. The van der Waals surface area contributed by atoms with E-state index in [1.165, 1.54) is 0 Å². The molecule has 1 aromatic carbocycles. The third kappa shape index (κ3) is 10.6. The number of aliphatic hydroxyl groups is 2. The van der Waals surface area contributed by atoms with Gasteiger partial charge in [-0.1, -0.05) is 63.3 Å². The molecule has 3 atom stereocenters. The van der Waals surface area contributed by atoms with Crippen molar-refractivity contribution in [3.63, 3.8) is 0 Å². The maximum atomic E-state index is 10.5. The van der Waals surface area contributed by atoms with Gasteiger partial charge in [0.2, 0.25) is 0 Å². The minimum atomic E-state index is -1.82. The smallest absolute Gasteiger partial charge is 0.192 e. The highest BCUT2D eigenvalue weighted by Crippen LogP contribution is 2.37. The molecular formula is C24H42O4Si. The minimum absolute atomic E-state index is 0.0196. The van der Waals surface area contributed by atoms with Crippen molar-refractivity contribution in [2.45, 2.75) is 96.4 Å². The molecule has 0 bridgehead atoms. The van der Waals surface area contributed by atoms with Crippen molar-refractivity contribution in [3.8, 4) is 0 Å². The average molecular weight is 423 g/mol. The van der Waals surface area contributed by atoms with E-state index >= 15 is 0 Å². The number of aliphatic hydroxyl groups excluding tert-OH is 1. The van der Waals surface area contributed by atoms with Crippen molar-refractivity contribution >= 4 is 8.32 Å². The molecule has 1 rings (SSSR count). The van der Waals surface area contributed by atoms with Gasteiger partial charge >= 0.3 is 0 Å². The first-order valence-electron chi connectivity index (χ1n) is 10.7. The summed E-state index contributed by atoms with van der Waals surface area (Å²) in [6, 6.07) is 10.0. The average Bonchev–Trinajstić information content (AvgIpc) is 2.58. The molecule has 0 fully saturated rings. The highest BCUT2D eigenvalue weighted by Gasteiger charge is 2.38. The summed E-state index contributed by atoms with van der Waals surface area (Å²) in [5, 5.41) is 21.0. The summed E-state index contributed by atoms with van der Waals surface area (Å²) in [7, 11) is -1.82. The minimum Gasteiger partial charge on any atom is -0.414 e. The van der Waals surface area contributed by atoms with Crippen LogP contribution in [-0.4, -0.2) is 42.9 Å². The van der Waals surface area contributed by atoms with E-state index in [2.05, 4.69) is 33.9 Å². The summed E-state index contributed by atoms with van der Waals surface area (Å²) in [6.45, 7) is 15.9. The van der Waals surface area contributed by atoms with Crippen LogP contribution in [-0.2, 0) is 15.8 Å². The van der Waals surface area contributed by atoms with Crippen molar-refractivity contribution in [3.05, 3.63) is 48.0 Å². The molecule has 0 spiro atoms. The molecular weight excluding hydrogens is 380 g/mol. The first kappa shape index (κ1) is 26.1. The van der Waals surface area contributed by atoms with Gasteiger partial charge < -0.3 is 19.4 Å². The number of hydrogen-bond donors (Lipinski definition) is 2. The molecule has 0 aliphatic carbocycles. The highest BCUT2D eigenvalue weighted by atomic mass is 28.4. The van der Waals surface area contributed by atoms with Crippen LogP contribution < -0.4 is 0 Å². The van der Waals surface area contributed by atoms with Crippen molar-refractivity contribution in [1.82, 2.24) is 0 Å². The Morgan fingerprint density at radius 3 is 2.31 bits per heavy atom. The van der Waals surface area contributed by atoms with E-state index in [9.17, 15) is 10.2 Å². The fourth-order valence-corrected chi connectivity index (χ4v) is 4.27. The first-order chi connectivity index (χ1) is 13.3. The van der Waals surface area contributed by atoms with E-state index in [0.717, 1.165) is 5.56 Å². The Morgan fingerprint density at radius 1 is 1.10 bits per heavy atom. The molecule has 0 saturated carbocycles. The molecule has 5 heteroatoms. The van der Waals surface area contributed by atoms with Gasteiger partial charge in [0, 0.05) is 12.5 Å². The lowest BCUT2D eigenvalue weighted by atomic mass is 10.0. The Morgan fingerprint density at radius 2 is 1.72 bits per heavy atom. The van der Waals surface area contributed by atoms with Crippen molar-refractivity contribution < 1.29 is 19.4 Å². The lowest BCUT2D eigenvalue weighted by molar-refractivity contribution is 0.0421. The van der Waals surface area contributed by atoms with E-state index in [1.807, 2.05) is 43.3 Å². The van der Waals surface area contributed by atoms with Crippen molar-refractivity contribution in [2.75, 3.05) is 6.61 Å². The highest BCUT2D eigenvalue weighted by molar-refractivity contribution is 6.74. The largest absolute Gasteiger partial charge is 0.414 e. The SMILES string of the molecule is C[C@H](C[C@@H](O)C/C=C\[C@@](C)(O)CCOCc1ccccc1)O[Si](C)(C)C(C)(C)C. The second-order valence-corrected chi connectivity index (χ2v) is 14.6. The standard InChI is InChI=1S/C24H42O4Si/c1-20(28-29(6,7)23(2,3)4)18-22(25)14-11-15-24(5,26)16-17-27-19-21-12-9-8-10-13-21/h8-13,15,20,22,25-26H,14,16-19H2,1-7H3/b15-11-/t20-,22+,24-/m1/s1. The van der Waals surface area contributed by atoms with Crippen LogP contribution in [0.15, 0.2) is 42.5 Å². The van der Waals surface area contributed by atoms with Crippen LogP contribution in [0.4, 0.5) is 0 Å². The molecule has 166 valence electrons. The number of rotatable bonds is 12. The lowest BCUT2D eigenvalue weighted by Gasteiger charge is -2.38. The van der Waals surface area contributed by atoms with Crippen LogP contribution >= 0.6 is 0 Å². The van der Waals surface area contributed by atoms with Crippen molar-refractivity contribution in [2.24, 2.45) is 0 Å². The zero-order valence-electron chi connectivity index (χ0n) is 19.4. The Bertz CT molecular complexity index is 605. The Hall–Kier alpha value is -0.983. The first-order valence-corrected chi connectivity index (χ1v) is 13.6. The second-order valence-electron chi connectivity index (χ2n) is 9.86. The van der Waals surface area contributed by atoms with Gasteiger partial charge in [-0.05, 0) is 50.4 Å². The summed E-state index contributed by atoms with van der Waals surface area (Å²) in [5.74, 6) is 0. The van der Waals surface area contributed by atoms with Gasteiger partial charge in [-0.25, -0.2) is 0 Å². The molecule has 1 aromatic rings. The fourth-order valence-electron chi connectivity index (χ4n) is 2.81. The van der Waals surface area contributed by atoms with Gasteiger partial charge in [0.15, 0.2) is 8.32 Å². The molecule has 4 nitrogen and oxygen atoms in total. The maximum absolute atomic E-state index is 10.5. The predicted octanol–water partition coefficient (Wildman–Crippen LogP) is 5.45. The molecule has 0 aliphatic heterocycles.